The fraction of sp³-hybridized carbons (Fsp3) is 0.636. The van der Waals surface area contributed by atoms with Gasteiger partial charge in [-0.15, -0.1) is 104 Å². The van der Waals surface area contributed by atoms with E-state index in [2.05, 4.69) is 174 Å². The van der Waals surface area contributed by atoms with E-state index in [-0.39, 0.29) is 44.7 Å². The highest BCUT2D eigenvalue weighted by Gasteiger charge is 2.48. The zero-order chi connectivity index (χ0) is 64.7. The quantitative estimate of drug-likeness (QED) is 0.0470. The van der Waals surface area contributed by atoms with Crippen molar-refractivity contribution in [3.63, 3.8) is 0 Å². The number of thioether (sulfide) groups is 1. The Hall–Kier alpha value is 0.882. The molecule has 5 aromatic heterocycles. The van der Waals surface area contributed by atoms with Crippen molar-refractivity contribution in [2.24, 2.45) is 16.7 Å². The van der Waals surface area contributed by atoms with Gasteiger partial charge in [0.25, 0.3) is 0 Å². The number of hydrogen-bond acceptors (Lipinski definition) is 11. The molecule has 2 atom stereocenters. The van der Waals surface area contributed by atoms with Gasteiger partial charge in [0.1, 0.15) is 5.78 Å². The number of allylic oxidation sites excluding steroid dienone is 1. The van der Waals surface area contributed by atoms with Crippen molar-refractivity contribution < 1.29 is 24.5 Å². The minimum Gasteiger partial charge on any atom is -0.466 e. The highest BCUT2D eigenvalue weighted by Crippen LogP contribution is 2.61. The first-order valence-corrected chi connectivity index (χ1v) is 42.1. The largest absolute Gasteiger partial charge is 0.643 e. The van der Waals surface area contributed by atoms with Gasteiger partial charge in [-0.2, -0.15) is 0 Å². The molecule has 0 saturated heterocycles. The first-order valence-electron chi connectivity index (χ1n) is 29.5. The Morgan fingerprint density at radius 1 is 0.663 bits per heavy atom. The van der Waals surface area contributed by atoms with Crippen molar-refractivity contribution in [2.45, 2.75) is 245 Å². The van der Waals surface area contributed by atoms with Crippen LogP contribution in [-0.2, 0) is 25.2 Å². The number of carbonyl (C=O) groups excluding carboxylic acids is 2. The van der Waals surface area contributed by atoms with E-state index in [4.69, 9.17) is 53.3 Å². The van der Waals surface area contributed by atoms with Crippen LogP contribution in [0.4, 0.5) is 0 Å². The predicted molar refractivity (Wildman–Crippen MR) is 401 cm³/mol. The lowest BCUT2D eigenvalue weighted by Crippen LogP contribution is -2.35. The zero-order valence-corrected chi connectivity index (χ0v) is 67.8. The number of ether oxygens (including phenoxy) is 1. The molecule has 0 amide bonds. The standard InChI is InChI=1S/C30H41BrS3.C12H7BrS3.C9H20O2.C8H14O3.C7H14Cl2.Al.4ClH/c1-27(2)11-9-13-29(5,6)25-18(27)15-21(33-25)22-17-20(31)24(32-22)23-16-19-26(34-23)30(7,8)14-10-12-28(19,3)4;13-8-7-11(9-3-1-5-14-9)16-12(8)10-4-2-6-15-10;1-8(2,10)6-5-7-9(3,4)11;1-3-11-8(10)6-4-5-7(2)9;1-6(2,8)5-7(3,4)9;;;;;/h15-18,25H,9-14H2,1-8H3;1-7H;10-11H,5-7H2,1-4H3;3-6H2,1-2H3;5H2,1-4H3;;4*1H/q;;;;;+3;;;;/p-3. The summed E-state index contributed by atoms with van der Waals surface area (Å²) < 4.78 is 7.14. The molecule has 1 fully saturated rings. The third-order valence-corrected chi connectivity index (χ3v) is 25.0. The lowest BCUT2D eigenvalue weighted by atomic mass is 9.71. The maximum atomic E-state index is 10.7. The molecule has 20 heteroatoms. The lowest BCUT2D eigenvalue weighted by Gasteiger charge is -2.38. The number of esters is 1. The van der Waals surface area contributed by atoms with Gasteiger partial charge in [-0.05, 0) is 233 Å². The van der Waals surface area contributed by atoms with Gasteiger partial charge in [-0.1, -0.05) is 86.4 Å². The molecule has 3 aliphatic rings. The number of aliphatic hydroxyl groups is 2. The summed E-state index contributed by atoms with van der Waals surface area (Å²) in [5.41, 5.74) is 1.72. The van der Waals surface area contributed by atoms with Gasteiger partial charge >= 0.3 is 17.4 Å². The summed E-state index contributed by atoms with van der Waals surface area (Å²) in [7, 11) is 14.8. The number of alkyl halides is 2. The minimum absolute atomic E-state index is 0. The Labute approximate surface area is 593 Å². The number of fused-ring (bicyclic) bond motifs is 2. The summed E-state index contributed by atoms with van der Waals surface area (Å²) in [6, 6.07) is 15.7. The fourth-order valence-corrected chi connectivity index (χ4v) is 20.7. The van der Waals surface area contributed by atoms with Crippen LogP contribution in [0.5, 0.6) is 0 Å². The molecular formula is C66H97AlBr2Cl6O5S6. The molecule has 2 N–H and O–H groups in total. The van der Waals surface area contributed by atoms with Gasteiger partial charge in [0.05, 0.1) is 27.6 Å². The number of rotatable bonds is 15. The van der Waals surface area contributed by atoms with Crippen LogP contribution < -0.4 is 0 Å². The minimum atomic E-state index is -1.72. The van der Waals surface area contributed by atoms with Crippen molar-refractivity contribution in [3.8, 4) is 29.3 Å². The number of hydrogen-bond donors (Lipinski definition) is 2. The molecule has 1 saturated carbocycles. The second-order valence-corrected chi connectivity index (χ2v) is 44.1. The molecule has 486 valence electrons. The summed E-state index contributed by atoms with van der Waals surface area (Å²) in [5, 5.41) is 23.6. The van der Waals surface area contributed by atoms with E-state index in [1.807, 2.05) is 50.4 Å². The molecule has 1 aliphatic heterocycles. The van der Waals surface area contributed by atoms with Crippen molar-refractivity contribution in [1.29, 1.82) is 0 Å². The number of Topliss-reactive ketones (excluding diaryl/α,β-unsaturated/α-hetero) is 1. The maximum Gasteiger partial charge on any atom is 0.643 e. The molecule has 0 bridgehead atoms. The monoisotopic (exact) mass is 1560 g/mol. The SMILES string of the molecule is Brc1cc(-c2cccs2)sc1-c1cccs1.CC(C)(Cl)CC(C)(C)Cl.CC(C)(O)CCCC(C)(C)O.CC1(C)CCCC(C)(C)c2sc(-c3sc(C4=CC5C(S4)C(C)(C)CCCC5(C)C)cc3Br)cc21.CCOC(=O)CCCC(C)=O.Cl.[Cl][Al]([Cl])[Cl]. The Morgan fingerprint density at radius 3 is 1.62 bits per heavy atom. The summed E-state index contributed by atoms with van der Waals surface area (Å²) >= 11 is 29.4. The molecule has 5 aromatic rings. The second kappa shape index (κ2) is 36.1. The van der Waals surface area contributed by atoms with Crippen LogP contribution in [0.2, 0.25) is 0 Å². The van der Waals surface area contributed by atoms with E-state index in [9.17, 15) is 19.8 Å². The topological polar surface area (TPSA) is 83.8 Å². The second-order valence-electron chi connectivity index (χ2n) is 27.6. The van der Waals surface area contributed by atoms with Crippen LogP contribution >= 0.6 is 166 Å². The summed E-state index contributed by atoms with van der Waals surface area (Å²) in [6.07, 6.45) is 15.2. The van der Waals surface area contributed by atoms with E-state index in [1.165, 1.54) is 93.4 Å². The van der Waals surface area contributed by atoms with Gasteiger partial charge in [-0.25, -0.2) is 30.1 Å². The highest BCUT2D eigenvalue weighted by atomic mass is 79.9. The Balaban J connectivity index is 0.000000405. The average molecular weight is 1560 g/mol. The first-order chi connectivity index (χ1) is 38.9. The average Bonchev–Trinajstić information content (AvgIpc) is 2.33. The molecular weight excluding hydrogens is 1460 g/mol. The van der Waals surface area contributed by atoms with Crippen molar-refractivity contribution in [3.05, 3.63) is 83.6 Å². The lowest BCUT2D eigenvalue weighted by molar-refractivity contribution is -0.143. The van der Waals surface area contributed by atoms with Crippen LogP contribution in [0.1, 0.15) is 223 Å². The Bertz CT molecular complexity index is 2780. The van der Waals surface area contributed by atoms with Crippen molar-refractivity contribution in [2.75, 3.05) is 6.61 Å². The number of carbonyl (C=O) groups is 2. The zero-order valence-electron chi connectivity index (χ0n) is 54.0. The first kappa shape index (κ1) is 83.0. The summed E-state index contributed by atoms with van der Waals surface area (Å²) in [4.78, 5) is 33.6. The molecule has 5 nitrogen and oxygen atoms in total. The van der Waals surface area contributed by atoms with Gasteiger partial charge in [-0.3, -0.25) is 4.79 Å². The molecule has 8 rings (SSSR count). The van der Waals surface area contributed by atoms with E-state index >= 15 is 0 Å². The van der Waals surface area contributed by atoms with Gasteiger partial charge < -0.3 is 19.7 Å². The molecule has 2 unspecified atom stereocenters. The third-order valence-electron chi connectivity index (χ3n) is 14.9. The normalized spacial score (nSPS) is 18.2. The highest BCUT2D eigenvalue weighted by molar-refractivity contribution is 9.11. The number of ketones is 1. The van der Waals surface area contributed by atoms with Crippen molar-refractivity contribution >= 4 is 194 Å². The maximum absolute atomic E-state index is 10.7. The van der Waals surface area contributed by atoms with Crippen LogP contribution in [-0.4, -0.2) is 66.2 Å². The Morgan fingerprint density at radius 2 is 1.14 bits per heavy atom. The van der Waals surface area contributed by atoms with Crippen LogP contribution in [0.25, 0.3) is 34.2 Å². The fourth-order valence-electron chi connectivity index (χ4n) is 10.8. The van der Waals surface area contributed by atoms with Crippen LogP contribution in [0, 0.1) is 16.7 Å². The van der Waals surface area contributed by atoms with Gasteiger partial charge in [0, 0.05) is 71.0 Å². The summed E-state index contributed by atoms with van der Waals surface area (Å²) in [5.74, 6) is 0.566. The number of halogens is 8. The van der Waals surface area contributed by atoms with Gasteiger partial charge in [0.15, 0.2) is 0 Å². The molecule has 0 aromatic carbocycles. The molecule has 2 aliphatic carbocycles. The van der Waals surface area contributed by atoms with Crippen LogP contribution in [0.15, 0.2) is 68.2 Å². The van der Waals surface area contributed by atoms with E-state index in [0.717, 1.165) is 25.7 Å². The molecule has 0 radical (unpaired) electrons. The smallest absolute Gasteiger partial charge is 0.466 e. The Kier molecular flexibility index (Phi) is 34.9. The van der Waals surface area contributed by atoms with E-state index in [0.29, 0.717) is 47.9 Å². The predicted octanol–water partition coefficient (Wildman–Crippen LogP) is 25.8. The van der Waals surface area contributed by atoms with E-state index < -0.39 is 22.6 Å². The summed E-state index contributed by atoms with van der Waals surface area (Å²) in [6.45, 7) is 38.6. The molecule has 6 heterocycles. The number of thiophene rings is 5. The molecule has 0 spiro atoms. The van der Waals surface area contributed by atoms with E-state index in [1.54, 1.807) is 67.7 Å². The molecule has 86 heavy (non-hydrogen) atoms. The van der Waals surface area contributed by atoms with Crippen LogP contribution in [0.3, 0.4) is 0 Å². The van der Waals surface area contributed by atoms with Crippen molar-refractivity contribution in [1.82, 2.24) is 0 Å². The van der Waals surface area contributed by atoms with Gasteiger partial charge in [0.2, 0.25) is 0 Å². The third kappa shape index (κ3) is 29.7.